The highest BCUT2D eigenvalue weighted by atomic mass is 35.5. The van der Waals surface area contributed by atoms with Gasteiger partial charge in [0.25, 0.3) is 5.91 Å². The normalized spacial score (nSPS) is 10.6. The monoisotopic (exact) mass is 376 g/mol. The van der Waals surface area contributed by atoms with E-state index in [0.717, 1.165) is 5.56 Å². The van der Waals surface area contributed by atoms with Crippen molar-refractivity contribution in [2.45, 2.75) is 25.6 Å². The van der Waals surface area contributed by atoms with Crippen LogP contribution in [-0.2, 0) is 10.5 Å². The van der Waals surface area contributed by atoms with E-state index in [1.54, 1.807) is 24.3 Å². The van der Waals surface area contributed by atoms with Crippen LogP contribution in [0, 0.1) is 0 Å². The Morgan fingerprint density at radius 1 is 1.12 bits per heavy atom. The van der Waals surface area contributed by atoms with Crippen LogP contribution in [0.4, 0.5) is 5.69 Å². The molecule has 2 N–H and O–H groups in total. The third kappa shape index (κ3) is 6.44. The van der Waals surface area contributed by atoms with Crippen LogP contribution in [0.25, 0.3) is 0 Å². The van der Waals surface area contributed by atoms with Gasteiger partial charge < -0.3 is 10.6 Å². The molecule has 0 saturated heterocycles. The van der Waals surface area contributed by atoms with Crippen LogP contribution in [0.1, 0.15) is 29.8 Å². The highest BCUT2D eigenvalue weighted by molar-refractivity contribution is 7.99. The highest BCUT2D eigenvalue weighted by Crippen LogP contribution is 2.18. The van der Waals surface area contributed by atoms with E-state index in [1.165, 1.54) is 11.8 Å². The second kappa shape index (κ2) is 9.49. The molecule has 0 radical (unpaired) electrons. The largest absolute Gasteiger partial charge is 0.350 e. The Balaban J connectivity index is 1.91. The third-order valence-corrected chi connectivity index (χ3v) is 4.50. The van der Waals surface area contributed by atoms with E-state index >= 15 is 0 Å². The van der Waals surface area contributed by atoms with Gasteiger partial charge in [0.15, 0.2) is 0 Å². The lowest BCUT2D eigenvalue weighted by Crippen LogP contribution is -2.31. The Hall–Kier alpha value is -1.98. The topological polar surface area (TPSA) is 58.2 Å². The molecule has 6 heteroatoms. The molecule has 0 fully saturated rings. The number of hydrogen-bond donors (Lipinski definition) is 2. The Bertz CT molecular complexity index is 750. The lowest BCUT2D eigenvalue weighted by Gasteiger charge is -2.13. The summed E-state index contributed by atoms with van der Waals surface area (Å²) < 4.78 is 0. The van der Waals surface area contributed by atoms with E-state index in [0.29, 0.717) is 27.8 Å². The van der Waals surface area contributed by atoms with Gasteiger partial charge in [-0.05, 0) is 43.7 Å². The lowest BCUT2D eigenvalue weighted by atomic mass is 10.1. The molecular formula is C19H21ClN2O2S. The fourth-order valence-corrected chi connectivity index (χ4v) is 3.19. The second-order valence-electron chi connectivity index (χ2n) is 5.84. The number of thioether (sulfide) groups is 1. The maximum Gasteiger partial charge on any atom is 0.253 e. The molecule has 4 nitrogen and oxygen atoms in total. The number of hydrogen-bond acceptors (Lipinski definition) is 3. The lowest BCUT2D eigenvalue weighted by molar-refractivity contribution is -0.113. The van der Waals surface area contributed by atoms with Gasteiger partial charge in [-0.15, -0.1) is 11.8 Å². The summed E-state index contributed by atoms with van der Waals surface area (Å²) in [7, 11) is 0. The van der Waals surface area contributed by atoms with E-state index < -0.39 is 0 Å². The Morgan fingerprint density at radius 2 is 1.88 bits per heavy atom. The number of anilines is 1. The van der Waals surface area contributed by atoms with Gasteiger partial charge in [0, 0.05) is 16.8 Å². The zero-order chi connectivity index (χ0) is 18.2. The first kappa shape index (κ1) is 19.3. The molecule has 0 saturated carbocycles. The fraction of sp³-hybridized carbons (Fsp3) is 0.263. The molecule has 2 aromatic rings. The molecule has 0 aromatic heterocycles. The SMILES string of the molecule is CC(C)NC(=O)c1ccccc1NC(=O)CSCc1cccc(Cl)c1. The van der Waals surface area contributed by atoms with Gasteiger partial charge in [-0.3, -0.25) is 9.59 Å². The van der Waals surface area contributed by atoms with Gasteiger partial charge >= 0.3 is 0 Å². The van der Waals surface area contributed by atoms with Crippen molar-refractivity contribution in [2.75, 3.05) is 11.1 Å². The van der Waals surface area contributed by atoms with E-state index in [4.69, 9.17) is 11.6 Å². The molecule has 0 unspecified atom stereocenters. The molecule has 0 aliphatic carbocycles. The number of carbonyl (C=O) groups is 2. The van der Waals surface area contributed by atoms with Gasteiger partial charge in [0.2, 0.25) is 5.91 Å². The van der Waals surface area contributed by atoms with Crippen LogP contribution in [-0.4, -0.2) is 23.6 Å². The smallest absolute Gasteiger partial charge is 0.253 e. The summed E-state index contributed by atoms with van der Waals surface area (Å²) in [4.78, 5) is 24.4. The average Bonchev–Trinajstić information content (AvgIpc) is 2.54. The van der Waals surface area contributed by atoms with Crippen LogP contribution < -0.4 is 10.6 Å². The second-order valence-corrected chi connectivity index (χ2v) is 7.27. The van der Waals surface area contributed by atoms with Crippen LogP contribution in [0.5, 0.6) is 0 Å². The van der Waals surface area contributed by atoms with Gasteiger partial charge in [0.05, 0.1) is 17.0 Å². The summed E-state index contributed by atoms with van der Waals surface area (Å²) >= 11 is 7.45. The zero-order valence-electron chi connectivity index (χ0n) is 14.2. The van der Waals surface area contributed by atoms with Crippen LogP contribution >= 0.6 is 23.4 Å². The van der Waals surface area contributed by atoms with Crippen LogP contribution in [0.15, 0.2) is 48.5 Å². The molecule has 0 aliphatic rings. The summed E-state index contributed by atoms with van der Waals surface area (Å²) in [6.07, 6.45) is 0. The highest BCUT2D eigenvalue weighted by Gasteiger charge is 2.13. The molecule has 25 heavy (non-hydrogen) atoms. The molecule has 2 aromatic carbocycles. The maximum atomic E-state index is 12.2. The molecule has 2 rings (SSSR count). The van der Waals surface area contributed by atoms with E-state index in [-0.39, 0.29) is 17.9 Å². The van der Waals surface area contributed by atoms with Crippen LogP contribution in [0.3, 0.4) is 0 Å². The van der Waals surface area contributed by atoms with Crippen molar-refractivity contribution in [3.05, 3.63) is 64.7 Å². The van der Waals surface area contributed by atoms with Crippen LogP contribution in [0.2, 0.25) is 5.02 Å². The van der Waals surface area contributed by atoms with Gasteiger partial charge in [-0.1, -0.05) is 35.9 Å². The summed E-state index contributed by atoms with van der Waals surface area (Å²) in [5, 5.41) is 6.34. The van der Waals surface area contributed by atoms with Crippen molar-refractivity contribution < 1.29 is 9.59 Å². The van der Waals surface area contributed by atoms with Gasteiger partial charge in [-0.25, -0.2) is 0 Å². The molecule has 0 bridgehead atoms. The van der Waals surface area contributed by atoms with E-state index in [9.17, 15) is 9.59 Å². The van der Waals surface area contributed by atoms with Crippen molar-refractivity contribution in [3.63, 3.8) is 0 Å². The predicted molar refractivity (Wildman–Crippen MR) is 105 cm³/mol. The maximum absolute atomic E-state index is 12.2. The summed E-state index contributed by atoms with van der Waals surface area (Å²) in [5.74, 6) is 0.658. The molecule has 0 heterocycles. The summed E-state index contributed by atoms with van der Waals surface area (Å²) in [6, 6.07) is 14.6. The zero-order valence-corrected chi connectivity index (χ0v) is 15.8. The minimum absolute atomic E-state index is 0.0320. The molecule has 132 valence electrons. The first-order chi connectivity index (χ1) is 12.0. The third-order valence-electron chi connectivity index (χ3n) is 3.26. The number of carbonyl (C=O) groups excluding carboxylic acids is 2. The number of benzene rings is 2. The first-order valence-electron chi connectivity index (χ1n) is 7.97. The fourth-order valence-electron chi connectivity index (χ4n) is 2.20. The predicted octanol–water partition coefficient (Wildman–Crippen LogP) is 4.35. The standard InChI is InChI=1S/C19H21ClN2O2S/c1-13(2)21-19(24)16-8-3-4-9-17(16)22-18(23)12-25-11-14-6-5-7-15(20)10-14/h3-10,13H,11-12H2,1-2H3,(H,21,24)(H,22,23). The number of amides is 2. The number of para-hydroxylation sites is 1. The Kier molecular flexibility index (Phi) is 7.34. The summed E-state index contributed by atoms with van der Waals surface area (Å²) in [5.41, 5.74) is 2.06. The molecule has 0 atom stereocenters. The van der Waals surface area contributed by atoms with E-state index in [2.05, 4.69) is 10.6 Å². The van der Waals surface area contributed by atoms with Crippen molar-refractivity contribution >= 4 is 40.9 Å². The van der Waals surface area contributed by atoms with Crippen molar-refractivity contribution in [2.24, 2.45) is 0 Å². The number of rotatable bonds is 7. The summed E-state index contributed by atoms with van der Waals surface area (Å²) in [6.45, 7) is 3.79. The van der Waals surface area contributed by atoms with Gasteiger partial charge in [-0.2, -0.15) is 0 Å². The first-order valence-corrected chi connectivity index (χ1v) is 9.51. The molecule has 0 spiro atoms. The Morgan fingerprint density at radius 3 is 2.60 bits per heavy atom. The van der Waals surface area contributed by atoms with Crippen molar-refractivity contribution in [1.82, 2.24) is 5.32 Å². The van der Waals surface area contributed by atoms with Gasteiger partial charge in [0.1, 0.15) is 0 Å². The van der Waals surface area contributed by atoms with E-state index in [1.807, 2.05) is 38.1 Å². The molecular weight excluding hydrogens is 356 g/mol. The number of nitrogens with one attached hydrogen (secondary N) is 2. The van der Waals surface area contributed by atoms with Crippen molar-refractivity contribution in [1.29, 1.82) is 0 Å². The van der Waals surface area contributed by atoms with Crippen molar-refractivity contribution in [3.8, 4) is 0 Å². The molecule has 2 amide bonds. The average molecular weight is 377 g/mol. The minimum atomic E-state index is -0.197. The Labute approximate surface area is 157 Å². The quantitative estimate of drug-likeness (QED) is 0.755. The molecule has 0 aliphatic heterocycles. The number of halogens is 1. The minimum Gasteiger partial charge on any atom is -0.350 e.